The Hall–Kier alpha value is -3.55. The third-order valence-electron chi connectivity index (χ3n) is 5.79. The van der Waals surface area contributed by atoms with Gasteiger partial charge in [-0.25, -0.2) is 0 Å². The van der Waals surface area contributed by atoms with Crippen molar-refractivity contribution in [3.63, 3.8) is 0 Å². The number of hydrogen-bond donors (Lipinski definition) is 1. The standard InChI is InChI=1S/C24H23ClN6O/c1-32-22-5-3-16(13-21(22)25)6-9-28-23-20-12-18(15-27)2-4-19(20)24(30-29-23)31-10-7-17(14-26)8-11-31/h2-5,12-13,17H,6-11H2,1H3,(H,28,29). The van der Waals surface area contributed by atoms with Gasteiger partial charge in [-0.3, -0.25) is 0 Å². The second kappa shape index (κ2) is 9.72. The Morgan fingerprint density at radius 2 is 1.94 bits per heavy atom. The number of nitrogens with zero attached hydrogens (tertiary/aromatic N) is 5. The smallest absolute Gasteiger partial charge is 0.159 e. The summed E-state index contributed by atoms with van der Waals surface area (Å²) in [5.74, 6) is 2.20. The number of hydrogen-bond acceptors (Lipinski definition) is 7. The van der Waals surface area contributed by atoms with Crippen LogP contribution in [0.2, 0.25) is 5.02 Å². The van der Waals surface area contributed by atoms with Crippen LogP contribution in [-0.4, -0.2) is 36.9 Å². The summed E-state index contributed by atoms with van der Waals surface area (Å²) in [6.45, 7) is 2.18. The monoisotopic (exact) mass is 446 g/mol. The van der Waals surface area contributed by atoms with Crippen molar-refractivity contribution in [2.45, 2.75) is 19.3 Å². The number of rotatable bonds is 6. The number of fused-ring (bicyclic) bond motifs is 1. The lowest BCUT2D eigenvalue weighted by Gasteiger charge is -2.30. The van der Waals surface area contributed by atoms with Crippen molar-refractivity contribution >= 4 is 34.0 Å². The van der Waals surface area contributed by atoms with E-state index in [4.69, 9.17) is 16.3 Å². The molecule has 162 valence electrons. The molecule has 0 saturated carbocycles. The summed E-state index contributed by atoms with van der Waals surface area (Å²) in [5, 5.41) is 33.3. The van der Waals surface area contributed by atoms with Gasteiger partial charge in [-0.05, 0) is 55.2 Å². The van der Waals surface area contributed by atoms with Gasteiger partial charge in [-0.15, -0.1) is 10.2 Å². The van der Waals surface area contributed by atoms with Gasteiger partial charge in [0.25, 0.3) is 0 Å². The van der Waals surface area contributed by atoms with Crippen LogP contribution < -0.4 is 15.0 Å². The quantitative estimate of drug-likeness (QED) is 0.592. The summed E-state index contributed by atoms with van der Waals surface area (Å²) >= 11 is 6.23. The molecule has 1 aromatic heterocycles. The van der Waals surface area contributed by atoms with Crippen LogP contribution in [-0.2, 0) is 6.42 Å². The van der Waals surface area contributed by atoms with E-state index in [9.17, 15) is 10.5 Å². The van der Waals surface area contributed by atoms with Gasteiger partial charge < -0.3 is 15.0 Å². The van der Waals surface area contributed by atoms with Crippen molar-refractivity contribution in [2.75, 3.05) is 37.0 Å². The predicted molar refractivity (Wildman–Crippen MR) is 125 cm³/mol. The molecule has 2 heterocycles. The minimum absolute atomic E-state index is 0.100. The fourth-order valence-electron chi connectivity index (χ4n) is 3.98. The van der Waals surface area contributed by atoms with Gasteiger partial charge >= 0.3 is 0 Å². The molecule has 3 aromatic rings. The normalized spacial score (nSPS) is 14.1. The molecular formula is C24H23ClN6O. The molecule has 0 atom stereocenters. The minimum atomic E-state index is 0.100. The van der Waals surface area contributed by atoms with Gasteiger partial charge in [-0.2, -0.15) is 10.5 Å². The van der Waals surface area contributed by atoms with Crippen LogP contribution in [0.15, 0.2) is 36.4 Å². The SMILES string of the molecule is COc1ccc(CCNc2nnc(N3CCC(C#N)CC3)c3ccc(C#N)cc23)cc1Cl. The maximum absolute atomic E-state index is 9.39. The van der Waals surface area contributed by atoms with E-state index in [1.807, 2.05) is 30.3 Å². The largest absolute Gasteiger partial charge is 0.495 e. The molecule has 1 aliphatic heterocycles. The molecule has 0 spiro atoms. The summed E-state index contributed by atoms with van der Waals surface area (Å²) in [6, 6.07) is 15.9. The van der Waals surface area contributed by atoms with Crippen molar-refractivity contribution in [3.05, 3.63) is 52.5 Å². The van der Waals surface area contributed by atoms with E-state index in [0.717, 1.165) is 54.5 Å². The van der Waals surface area contributed by atoms with E-state index >= 15 is 0 Å². The lowest BCUT2D eigenvalue weighted by Crippen LogP contribution is -2.34. The lowest BCUT2D eigenvalue weighted by molar-refractivity contribution is 0.415. The molecule has 1 aliphatic rings. The second-order valence-electron chi connectivity index (χ2n) is 7.78. The third-order valence-corrected chi connectivity index (χ3v) is 6.08. The molecule has 0 amide bonds. The number of piperidine rings is 1. The maximum Gasteiger partial charge on any atom is 0.159 e. The van der Waals surface area contributed by atoms with E-state index in [-0.39, 0.29) is 5.92 Å². The Morgan fingerprint density at radius 1 is 1.12 bits per heavy atom. The zero-order valence-corrected chi connectivity index (χ0v) is 18.6. The van der Waals surface area contributed by atoms with Gasteiger partial charge in [0.2, 0.25) is 0 Å². The maximum atomic E-state index is 9.39. The molecule has 8 heteroatoms. The van der Waals surface area contributed by atoms with Crippen LogP contribution in [0.3, 0.4) is 0 Å². The highest BCUT2D eigenvalue weighted by atomic mass is 35.5. The average molecular weight is 447 g/mol. The topological polar surface area (TPSA) is 97.9 Å². The average Bonchev–Trinajstić information content (AvgIpc) is 2.84. The number of ether oxygens (including phenoxy) is 1. The van der Waals surface area contributed by atoms with Crippen molar-refractivity contribution in [1.29, 1.82) is 10.5 Å². The molecular weight excluding hydrogens is 424 g/mol. The van der Waals surface area contributed by atoms with Crippen molar-refractivity contribution in [1.82, 2.24) is 10.2 Å². The first-order valence-corrected chi connectivity index (χ1v) is 10.9. The van der Waals surface area contributed by atoms with Crippen LogP contribution in [0.1, 0.15) is 24.0 Å². The summed E-state index contributed by atoms with van der Waals surface area (Å²) < 4.78 is 5.21. The Morgan fingerprint density at radius 3 is 2.62 bits per heavy atom. The zero-order valence-electron chi connectivity index (χ0n) is 17.8. The molecule has 7 nitrogen and oxygen atoms in total. The van der Waals surface area contributed by atoms with Crippen LogP contribution >= 0.6 is 11.6 Å². The predicted octanol–water partition coefficient (Wildman–Crippen LogP) is 4.56. The molecule has 0 bridgehead atoms. The summed E-state index contributed by atoms with van der Waals surface area (Å²) in [5.41, 5.74) is 1.65. The number of benzene rings is 2. The second-order valence-corrected chi connectivity index (χ2v) is 8.19. The molecule has 2 aromatic carbocycles. The Balaban J connectivity index is 1.56. The Labute approximate surface area is 192 Å². The van der Waals surface area contributed by atoms with E-state index in [1.54, 1.807) is 13.2 Å². The molecule has 0 unspecified atom stereocenters. The van der Waals surface area contributed by atoms with Crippen molar-refractivity contribution in [3.8, 4) is 17.9 Å². The minimum Gasteiger partial charge on any atom is -0.495 e. The molecule has 1 fully saturated rings. The van der Waals surface area contributed by atoms with Crippen LogP contribution in [0, 0.1) is 28.6 Å². The highest BCUT2D eigenvalue weighted by Crippen LogP contribution is 2.32. The van der Waals surface area contributed by atoms with E-state index in [2.05, 4.69) is 32.6 Å². The van der Waals surface area contributed by atoms with Crippen molar-refractivity contribution in [2.24, 2.45) is 5.92 Å². The fraction of sp³-hybridized carbons (Fsp3) is 0.333. The van der Waals surface area contributed by atoms with Crippen LogP contribution in [0.4, 0.5) is 11.6 Å². The highest BCUT2D eigenvalue weighted by molar-refractivity contribution is 6.32. The van der Waals surface area contributed by atoms with E-state index in [1.165, 1.54) is 0 Å². The Kier molecular flexibility index (Phi) is 6.58. The fourth-order valence-corrected chi connectivity index (χ4v) is 4.27. The lowest BCUT2D eigenvalue weighted by atomic mass is 9.98. The number of halogens is 1. The number of aromatic nitrogens is 2. The molecule has 32 heavy (non-hydrogen) atoms. The van der Waals surface area contributed by atoms with Gasteiger partial charge in [0.15, 0.2) is 11.6 Å². The van der Waals surface area contributed by atoms with E-state index < -0.39 is 0 Å². The van der Waals surface area contributed by atoms with Gasteiger partial charge in [-0.1, -0.05) is 17.7 Å². The number of methoxy groups -OCH3 is 1. The summed E-state index contributed by atoms with van der Waals surface area (Å²) in [7, 11) is 1.59. The molecule has 1 saturated heterocycles. The van der Waals surface area contributed by atoms with Crippen molar-refractivity contribution < 1.29 is 4.74 Å². The number of nitriles is 2. The highest BCUT2D eigenvalue weighted by Gasteiger charge is 2.22. The first-order valence-electron chi connectivity index (χ1n) is 10.5. The van der Waals surface area contributed by atoms with E-state index in [0.29, 0.717) is 28.7 Å². The number of nitrogens with one attached hydrogen (secondary N) is 1. The third kappa shape index (κ3) is 4.54. The molecule has 1 N–H and O–H groups in total. The van der Waals surface area contributed by atoms with Crippen LogP contribution in [0.25, 0.3) is 10.8 Å². The van der Waals surface area contributed by atoms with Gasteiger partial charge in [0.1, 0.15) is 5.75 Å². The Bertz CT molecular complexity index is 1210. The summed E-state index contributed by atoms with van der Waals surface area (Å²) in [4.78, 5) is 2.18. The van der Waals surface area contributed by atoms with Gasteiger partial charge in [0.05, 0.1) is 29.8 Å². The first-order chi connectivity index (χ1) is 15.6. The summed E-state index contributed by atoms with van der Waals surface area (Å²) in [6.07, 6.45) is 2.38. The molecule has 0 radical (unpaired) electrons. The number of anilines is 2. The molecule has 4 rings (SSSR count). The van der Waals surface area contributed by atoms with Crippen LogP contribution in [0.5, 0.6) is 5.75 Å². The zero-order chi connectivity index (χ0) is 22.5. The van der Waals surface area contributed by atoms with Gasteiger partial charge in [0, 0.05) is 36.3 Å². The molecule has 0 aliphatic carbocycles. The first kappa shape index (κ1) is 21.7.